The predicted octanol–water partition coefficient (Wildman–Crippen LogP) is 0.708. The molecular weight excluding hydrogens is 194 g/mol. The van der Waals surface area contributed by atoms with Crippen molar-refractivity contribution in [1.82, 2.24) is 5.32 Å². The summed E-state index contributed by atoms with van der Waals surface area (Å²) in [5.41, 5.74) is 0. The zero-order valence-electron chi connectivity index (χ0n) is 9.04. The van der Waals surface area contributed by atoms with Gasteiger partial charge in [0, 0.05) is 13.0 Å². The Kier molecular flexibility index (Phi) is 3.97. The summed E-state index contributed by atoms with van der Waals surface area (Å²) in [4.78, 5) is 11.5. The third-order valence-electron chi connectivity index (χ3n) is 3.07. The van der Waals surface area contributed by atoms with Gasteiger partial charge in [-0.2, -0.15) is 0 Å². The van der Waals surface area contributed by atoms with E-state index in [2.05, 4.69) is 5.32 Å². The van der Waals surface area contributed by atoms with E-state index in [1.807, 2.05) is 0 Å². The quantitative estimate of drug-likeness (QED) is 0.699. The van der Waals surface area contributed by atoms with E-state index < -0.39 is 0 Å². The molecule has 0 aromatic rings. The van der Waals surface area contributed by atoms with E-state index in [1.54, 1.807) is 0 Å². The maximum absolute atomic E-state index is 11.5. The summed E-state index contributed by atoms with van der Waals surface area (Å²) in [7, 11) is 0. The standard InChI is InChI=1S/C11H19NO3/c13-11(6-9-3-4-12-7-9)15-8-10-2-1-5-14-10/h9-10,12H,1-8H2. The van der Waals surface area contributed by atoms with Crippen LogP contribution in [0.2, 0.25) is 0 Å². The molecule has 2 aliphatic rings. The van der Waals surface area contributed by atoms with Crippen molar-refractivity contribution in [2.24, 2.45) is 5.92 Å². The summed E-state index contributed by atoms with van der Waals surface area (Å²) in [6.45, 7) is 3.24. The van der Waals surface area contributed by atoms with Crippen LogP contribution in [0.15, 0.2) is 0 Å². The van der Waals surface area contributed by atoms with Crippen molar-refractivity contribution in [3.05, 3.63) is 0 Å². The van der Waals surface area contributed by atoms with Crippen LogP contribution in [-0.4, -0.2) is 38.4 Å². The van der Waals surface area contributed by atoms with Crippen LogP contribution in [0.3, 0.4) is 0 Å². The maximum atomic E-state index is 11.5. The number of hydrogen-bond donors (Lipinski definition) is 1. The van der Waals surface area contributed by atoms with Gasteiger partial charge in [-0.05, 0) is 38.3 Å². The molecule has 4 heteroatoms. The minimum absolute atomic E-state index is 0.0702. The van der Waals surface area contributed by atoms with Crippen LogP contribution in [0.4, 0.5) is 0 Å². The fourth-order valence-electron chi connectivity index (χ4n) is 2.14. The van der Waals surface area contributed by atoms with E-state index in [1.165, 1.54) is 0 Å². The molecule has 2 unspecified atom stereocenters. The number of ether oxygens (including phenoxy) is 2. The van der Waals surface area contributed by atoms with E-state index in [0.29, 0.717) is 18.9 Å². The van der Waals surface area contributed by atoms with E-state index in [-0.39, 0.29) is 12.1 Å². The number of carbonyl (C=O) groups excluding carboxylic acids is 1. The van der Waals surface area contributed by atoms with Crippen LogP contribution in [-0.2, 0) is 14.3 Å². The number of hydrogen-bond acceptors (Lipinski definition) is 4. The summed E-state index contributed by atoms with van der Waals surface area (Å²) in [6, 6.07) is 0. The first-order valence-electron chi connectivity index (χ1n) is 5.82. The Morgan fingerprint density at radius 1 is 1.47 bits per heavy atom. The van der Waals surface area contributed by atoms with Gasteiger partial charge in [0.25, 0.3) is 0 Å². The smallest absolute Gasteiger partial charge is 0.306 e. The molecule has 0 aromatic heterocycles. The summed E-state index contributed by atoms with van der Waals surface area (Å²) in [5.74, 6) is 0.404. The third-order valence-corrected chi connectivity index (χ3v) is 3.07. The molecule has 15 heavy (non-hydrogen) atoms. The van der Waals surface area contributed by atoms with Crippen molar-refractivity contribution in [3.8, 4) is 0 Å². The lowest BCUT2D eigenvalue weighted by Gasteiger charge is -2.11. The van der Waals surface area contributed by atoms with Crippen LogP contribution in [0, 0.1) is 5.92 Å². The molecule has 2 aliphatic heterocycles. The lowest BCUT2D eigenvalue weighted by molar-refractivity contribution is -0.147. The minimum atomic E-state index is -0.0702. The molecule has 0 spiro atoms. The Bertz CT molecular complexity index is 208. The molecule has 4 nitrogen and oxygen atoms in total. The van der Waals surface area contributed by atoms with Crippen molar-refractivity contribution >= 4 is 5.97 Å². The molecule has 2 fully saturated rings. The van der Waals surface area contributed by atoms with Gasteiger partial charge in [-0.1, -0.05) is 0 Å². The number of carbonyl (C=O) groups is 1. The second kappa shape index (κ2) is 5.47. The first-order valence-corrected chi connectivity index (χ1v) is 5.82. The van der Waals surface area contributed by atoms with Gasteiger partial charge < -0.3 is 14.8 Å². The molecule has 0 amide bonds. The maximum Gasteiger partial charge on any atom is 0.306 e. The van der Waals surface area contributed by atoms with Crippen LogP contribution in [0.1, 0.15) is 25.7 Å². The van der Waals surface area contributed by atoms with Crippen LogP contribution in [0.5, 0.6) is 0 Å². The predicted molar refractivity (Wildman–Crippen MR) is 55.5 cm³/mol. The average molecular weight is 213 g/mol. The highest BCUT2D eigenvalue weighted by Crippen LogP contribution is 2.15. The Labute approximate surface area is 90.3 Å². The normalized spacial score (nSPS) is 30.7. The zero-order chi connectivity index (χ0) is 10.5. The lowest BCUT2D eigenvalue weighted by atomic mass is 10.1. The molecular formula is C11H19NO3. The fraction of sp³-hybridized carbons (Fsp3) is 0.909. The van der Waals surface area contributed by atoms with Gasteiger partial charge in [-0.15, -0.1) is 0 Å². The van der Waals surface area contributed by atoms with Crippen LogP contribution in [0.25, 0.3) is 0 Å². The second-order valence-corrected chi connectivity index (χ2v) is 4.38. The highest BCUT2D eigenvalue weighted by Gasteiger charge is 2.21. The molecule has 0 aromatic carbocycles. The minimum Gasteiger partial charge on any atom is -0.463 e. The van der Waals surface area contributed by atoms with Gasteiger partial charge in [0.15, 0.2) is 0 Å². The monoisotopic (exact) mass is 213 g/mol. The van der Waals surface area contributed by atoms with Crippen molar-refractivity contribution in [2.75, 3.05) is 26.3 Å². The molecule has 2 atom stereocenters. The molecule has 0 aliphatic carbocycles. The number of nitrogens with one attached hydrogen (secondary N) is 1. The molecule has 2 heterocycles. The zero-order valence-corrected chi connectivity index (χ0v) is 9.04. The van der Waals surface area contributed by atoms with Crippen molar-refractivity contribution in [3.63, 3.8) is 0 Å². The van der Waals surface area contributed by atoms with Gasteiger partial charge >= 0.3 is 5.97 Å². The van der Waals surface area contributed by atoms with Crippen molar-refractivity contribution < 1.29 is 14.3 Å². The summed E-state index contributed by atoms with van der Waals surface area (Å²) < 4.78 is 10.6. The third kappa shape index (κ3) is 3.47. The molecule has 0 saturated carbocycles. The van der Waals surface area contributed by atoms with Crippen molar-refractivity contribution in [2.45, 2.75) is 31.8 Å². The Hall–Kier alpha value is -0.610. The highest BCUT2D eigenvalue weighted by atomic mass is 16.6. The lowest BCUT2D eigenvalue weighted by Crippen LogP contribution is -2.20. The average Bonchev–Trinajstić information content (AvgIpc) is 2.86. The van der Waals surface area contributed by atoms with E-state index >= 15 is 0 Å². The van der Waals surface area contributed by atoms with Crippen LogP contribution < -0.4 is 5.32 Å². The summed E-state index contributed by atoms with van der Waals surface area (Å²) in [5, 5.41) is 3.24. The Morgan fingerprint density at radius 2 is 2.40 bits per heavy atom. The van der Waals surface area contributed by atoms with Gasteiger partial charge in [0.05, 0.1) is 6.10 Å². The van der Waals surface area contributed by atoms with Gasteiger partial charge in [-0.3, -0.25) is 4.79 Å². The molecule has 0 radical (unpaired) electrons. The Morgan fingerprint density at radius 3 is 3.07 bits per heavy atom. The largest absolute Gasteiger partial charge is 0.463 e. The molecule has 0 bridgehead atoms. The molecule has 2 rings (SSSR count). The second-order valence-electron chi connectivity index (χ2n) is 4.38. The summed E-state index contributed by atoms with van der Waals surface area (Å²) in [6.07, 6.45) is 3.91. The number of esters is 1. The topological polar surface area (TPSA) is 47.6 Å². The first-order chi connectivity index (χ1) is 7.34. The first kappa shape index (κ1) is 10.9. The van der Waals surface area contributed by atoms with Gasteiger partial charge in [-0.25, -0.2) is 0 Å². The molecule has 2 saturated heterocycles. The summed E-state index contributed by atoms with van der Waals surface area (Å²) >= 11 is 0. The SMILES string of the molecule is O=C(CC1CCNC1)OCC1CCCO1. The Balaban J connectivity index is 1.59. The van der Waals surface area contributed by atoms with E-state index in [4.69, 9.17) is 9.47 Å². The van der Waals surface area contributed by atoms with E-state index in [0.717, 1.165) is 39.0 Å². The molecule has 86 valence electrons. The van der Waals surface area contributed by atoms with Crippen molar-refractivity contribution in [1.29, 1.82) is 0 Å². The number of rotatable bonds is 4. The molecule has 1 N–H and O–H groups in total. The fourth-order valence-corrected chi connectivity index (χ4v) is 2.14. The van der Waals surface area contributed by atoms with Gasteiger partial charge in [0.2, 0.25) is 0 Å². The van der Waals surface area contributed by atoms with Crippen LogP contribution >= 0.6 is 0 Å². The highest BCUT2D eigenvalue weighted by molar-refractivity contribution is 5.69. The van der Waals surface area contributed by atoms with Gasteiger partial charge in [0.1, 0.15) is 6.61 Å². The van der Waals surface area contributed by atoms with E-state index in [9.17, 15) is 4.79 Å².